The van der Waals surface area contributed by atoms with Crippen molar-refractivity contribution in [2.24, 2.45) is 5.73 Å². The van der Waals surface area contributed by atoms with Crippen LogP contribution >= 0.6 is 11.6 Å². The Labute approximate surface area is 137 Å². The zero-order chi connectivity index (χ0) is 16.4. The first kappa shape index (κ1) is 15.3. The number of aromatic carboxylic acids is 1. The van der Waals surface area contributed by atoms with Gasteiger partial charge in [0, 0.05) is 23.3 Å². The highest BCUT2D eigenvalue weighted by Gasteiger charge is 2.08. The van der Waals surface area contributed by atoms with E-state index in [9.17, 15) is 4.79 Å². The number of carboxylic acids is 1. The molecular weight excluding hydrogens is 314 g/mol. The summed E-state index contributed by atoms with van der Waals surface area (Å²) in [5.74, 6) is -0.955. The van der Waals surface area contributed by atoms with Crippen molar-refractivity contribution in [1.82, 2.24) is 9.78 Å². The number of carbonyl (C=O) groups is 1. The summed E-state index contributed by atoms with van der Waals surface area (Å²) in [7, 11) is 0. The fraction of sp³-hybridized carbons (Fsp3) is 0.0588. The largest absolute Gasteiger partial charge is 0.478 e. The van der Waals surface area contributed by atoms with Gasteiger partial charge in [-0.3, -0.25) is 0 Å². The van der Waals surface area contributed by atoms with Crippen molar-refractivity contribution in [3.8, 4) is 16.8 Å². The molecule has 0 aliphatic carbocycles. The van der Waals surface area contributed by atoms with Gasteiger partial charge in [0.15, 0.2) is 0 Å². The van der Waals surface area contributed by atoms with Crippen LogP contribution in [-0.2, 0) is 6.54 Å². The van der Waals surface area contributed by atoms with Gasteiger partial charge >= 0.3 is 5.97 Å². The molecule has 1 heterocycles. The lowest BCUT2D eigenvalue weighted by Gasteiger charge is -2.05. The lowest BCUT2D eigenvalue weighted by atomic mass is 10.1. The standard InChI is InChI=1S/C17H14ClN3O2/c18-16-7-15(5-4-13(16)8-19)21-10-14(9-20-21)11-2-1-3-12(6-11)17(22)23/h1-7,9-10H,8,19H2,(H,22,23). The van der Waals surface area contributed by atoms with E-state index < -0.39 is 5.97 Å². The average Bonchev–Trinajstić information content (AvgIpc) is 3.05. The van der Waals surface area contributed by atoms with Crippen LogP contribution in [0.4, 0.5) is 0 Å². The molecule has 3 N–H and O–H groups in total. The average molecular weight is 328 g/mol. The van der Waals surface area contributed by atoms with Gasteiger partial charge in [-0.25, -0.2) is 9.48 Å². The van der Waals surface area contributed by atoms with Crippen LogP contribution in [0.15, 0.2) is 54.9 Å². The van der Waals surface area contributed by atoms with Gasteiger partial charge in [-0.1, -0.05) is 29.8 Å². The van der Waals surface area contributed by atoms with Crippen molar-refractivity contribution in [3.63, 3.8) is 0 Å². The number of nitrogens with two attached hydrogens (primary N) is 1. The van der Waals surface area contributed by atoms with E-state index in [1.807, 2.05) is 24.4 Å². The molecule has 0 bridgehead atoms. The van der Waals surface area contributed by atoms with Crippen molar-refractivity contribution in [2.45, 2.75) is 6.54 Å². The molecule has 0 unspecified atom stereocenters. The van der Waals surface area contributed by atoms with E-state index in [0.29, 0.717) is 11.6 Å². The van der Waals surface area contributed by atoms with Gasteiger partial charge in [0.1, 0.15) is 0 Å². The Bertz CT molecular complexity index is 874. The molecule has 0 fully saturated rings. The number of halogens is 1. The Hall–Kier alpha value is -2.63. The van der Waals surface area contributed by atoms with Crippen LogP contribution in [0.3, 0.4) is 0 Å². The second-order valence-corrected chi connectivity index (χ2v) is 5.45. The van der Waals surface area contributed by atoms with Crippen molar-refractivity contribution in [3.05, 3.63) is 71.0 Å². The maximum Gasteiger partial charge on any atom is 0.335 e. The highest BCUT2D eigenvalue weighted by atomic mass is 35.5. The first-order valence-corrected chi connectivity index (χ1v) is 7.33. The van der Waals surface area contributed by atoms with Crippen molar-refractivity contribution in [1.29, 1.82) is 0 Å². The van der Waals surface area contributed by atoms with E-state index in [4.69, 9.17) is 22.4 Å². The van der Waals surface area contributed by atoms with Crippen LogP contribution < -0.4 is 5.73 Å². The molecule has 0 amide bonds. The van der Waals surface area contributed by atoms with Gasteiger partial charge < -0.3 is 10.8 Å². The molecule has 0 aliphatic rings. The van der Waals surface area contributed by atoms with E-state index in [1.165, 1.54) is 0 Å². The first-order chi connectivity index (χ1) is 11.1. The molecule has 5 nitrogen and oxygen atoms in total. The van der Waals surface area contributed by atoms with Gasteiger partial charge in [0.05, 0.1) is 17.4 Å². The first-order valence-electron chi connectivity index (χ1n) is 6.96. The second-order valence-electron chi connectivity index (χ2n) is 5.04. The Morgan fingerprint density at radius 1 is 1.22 bits per heavy atom. The smallest absolute Gasteiger partial charge is 0.335 e. The van der Waals surface area contributed by atoms with Gasteiger partial charge in [0.25, 0.3) is 0 Å². The fourth-order valence-corrected chi connectivity index (χ4v) is 2.54. The summed E-state index contributed by atoms with van der Waals surface area (Å²) in [6, 6.07) is 12.3. The fourth-order valence-electron chi connectivity index (χ4n) is 2.29. The van der Waals surface area contributed by atoms with Gasteiger partial charge in [0.2, 0.25) is 0 Å². The summed E-state index contributed by atoms with van der Waals surface area (Å²) >= 11 is 6.17. The number of nitrogens with zero attached hydrogens (tertiary/aromatic N) is 2. The molecule has 0 saturated heterocycles. The third kappa shape index (κ3) is 3.11. The molecule has 0 atom stereocenters. The lowest BCUT2D eigenvalue weighted by molar-refractivity contribution is 0.0697. The summed E-state index contributed by atoms with van der Waals surface area (Å²) < 4.78 is 1.69. The van der Waals surface area contributed by atoms with Crippen LogP contribution in [-0.4, -0.2) is 20.9 Å². The minimum atomic E-state index is -0.955. The van der Waals surface area contributed by atoms with Crippen molar-refractivity contribution in [2.75, 3.05) is 0 Å². The van der Waals surface area contributed by atoms with E-state index in [-0.39, 0.29) is 5.56 Å². The Morgan fingerprint density at radius 3 is 2.74 bits per heavy atom. The topological polar surface area (TPSA) is 81.1 Å². The predicted molar refractivity (Wildman–Crippen MR) is 88.9 cm³/mol. The third-order valence-corrected chi connectivity index (χ3v) is 3.90. The normalized spacial score (nSPS) is 10.7. The van der Waals surface area contributed by atoms with Crippen molar-refractivity contribution < 1.29 is 9.90 Å². The Balaban J connectivity index is 1.96. The Kier molecular flexibility index (Phi) is 4.14. The monoisotopic (exact) mass is 327 g/mol. The van der Waals surface area contributed by atoms with Crippen LogP contribution in [0.25, 0.3) is 16.8 Å². The van der Waals surface area contributed by atoms with E-state index in [1.54, 1.807) is 35.1 Å². The highest BCUT2D eigenvalue weighted by molar-refractivity contribution is 6.31. The SMILES string of the molecule is NCc1ccc(-n2cc(-c3cccc(C(=O)O)c3)cn2)cc1Cl. The van der Waals surface area contributed by atoms with Crippen LogP contribution in [0.1, 0.15) is 15.9 Å². The van der Waals surface area contributed by atoms with Gasteiger partial charge in [-0.2, -0.15) is 5.10 Å². The minimum Gasteiger partial charge on any atom is -0.478 e. The molecule has 1 aromatic heterocycles. The molecule has 6 heteroatoms. The molecule has 3 aromatic rings. The van der Waals surface area contributed by atoms with E-state index in [0.717, 1.165) is 22.4 Å². The van der Waals surface area contributed by atoms with Gasteiger partial charge in [-0.05, 0) is 35.4 Å². The number of carboxylic acid groups (broad SMARTS) is 1. The van der Waals surface area contributed by atoms with Crippen molar-refractivity contribution >= 4 is 17.6 Å². The number of rotatable bonds is 4. The molecule has 0 spiro atoms. The van der Waals surface area contributed by atoms with Crippen LogP contribution in [0.5, 0.6) is 0 Å². The summed E-state index contributed by atoms with van der Waals surface area (Å²) in [5, 5.41) is 14.0. The molecule has 3 rings (SSSR count). The second kappa shape index (κ2) is 6.24. The maximum absolute atomic E-state index is 11.1. The third-order valence-electron chi connectivity index (χ3n) is 3.55. The molecule has 0 radical (unpaired) electrons. The van der Waals surface area contributed by atoms with Gasteiger partial charge in [-0.15, -0.1) is 0 Å². The zero-order valence-corrected chi connectivity index (χ0v) is 12.9. The quantitative estimate of drug-likeness (QED) is 0.770. The summed E-state index contributed by atoms with van der Waals surface area (Å²) in [6.07, 6.45) is 3.51. The molecule has 2 aromatic carbocycles. The number of hydrogen-bond donors (Lipinski definition) is 2. The van der Waals surface area contributed by atoms with E-state index >= 15 is 0 Å². The number of aromatic nitrogens is 2. The lowest BCUT2D eigenvalue weighted by Crippen LogP contribution is -1.99. The molecule has 0 saturated carbocycles. The maximum atomic E-state index is 11.1. The van der Waals surface area contributed by atoms with Crippen LogP contribution in [0.2, 0.25) is 5.02 Å². The summed E-state index contributed by atoms with van der Waals surface area (Å²) in [6.45, 7) is 0.380. The molecule has 116 valence electrons. The molecule has 23 heavy (non-hydrogen) atoms. The number of hydrogen-bond acceptors (Lipinski definition) is 3. The number of benzene rings is 2. The van der Waals surface area contributed by atoms with Crippen LogP contribution in [0, 0.1) is 0 Å². The molecule has 0 aliphatic heterocycles. The summed E-state index contributed by atoms with van der Waals surface area (Å²) in [5.41, 5.74) is 9.15. The predicted octanol–water partition coefficient (Wildman–Crippen LogP) is 3.35. The zero-order valence-electron chi connectivity index (χ0n) is 12.1. The molecular formula is C17H14ClN3O2. The Morgan fingerprint density at radius 2 is 2.04 bits per heavy atom. The summed E-state index contributed by atoms with van der Waals surface area (Å²) in [4.78, 5) is 11.1. The minimum absolute atomic E-state index is 0.241. The van der Waals surface area contributed by atoms with E-state index in [2.05, 4.69) is 5.10 Å². The highest BCUT2D eigenvalue weighted by Crippen LogP contribution is 2.23.